The number of benzene rings is 2. The van der Waals surface area contributed by atoms with E-state index in [1.54, 1.807) is 48.5 Å². The summed E-state index contributed by atoms with van der Waals surface area (Å²) in [6, 6.07) is 17.3. The summed E-state index contributed by atoms with van der Waals surface area (Å²) in [6.45, 7) is -0.546. The highest BCUT2D eigenvalue weighted by Crippen LogP contribution is 2.28. The van der Waals surface area contributed by atoms with Crippen molar-refractivity contribution in [2.24, 2.45) is 5.10 Å². The Kier molecular flexibility index (Phi) is 6.83. The number of pyridine rings is 1. The third-order valence-corrected chi connectivity index (χ3v) is 5.93. The molecule has 160 valence electrons. The van der Waals surface area contributed by atoms with Crippen LogP contribution >= 0.6 is 0 Å². The van der Waals surface area contributed by atoms with Gasteiger partial charge in [0.1, 0.15) is 12.4 Å². The quantitative estimate of drug-likeness (QED) is 0.409. The normalized spacial score (nSPS) is 11.3. The summed E-state index contributed by atoms with van der Waals surface area (Å²) in [6.07, 6.45) is 2.66. The molecule has 1 amide bonds. The van der Waals surface area contributed by atoms with E-state index in [4.69, 9.17) is 4.74 Å². The number of ether oxygens (including phenoxy) is 1. The second-order valence-corrected chi connectivity index (χ2v) is 8.07. The Morgan fingerprint density at radius 3 is 2.55 bits per heavy atom. The Morgan fingerprint density at radius 1 is 1.13 bits per heavy atom. The number of hydrogen-bond acceptors (Lipinski definition) is 7. The van der Waals surface area contributed by atoms with E-state index < -0.39 is 22.5 Å². The van der Waals surface area contributed by atoms with Gasteiger partial charge in [-0.3, -0.25) is 4.79 Å². The molecule has 10 heteroatoms. The zero-order valence-electron chi connectivity index (χ0n) is 16.5. The Morgan fingerprint density at radius 2 is 1.87 bits per heavy atom. The van der Waals surface area contributed by atoms with Gasteiger partial charge in [0.2, 0.25) is 0 Å². The van der Waals surface area contributed by atoms with Gasteiger partial charge in [-0.15, -0.1) is 0 Å². The number of methoxy groups -OCH3 is 1. The number of hydrogen-bond donors (Lipinski definition) is 2. The average molecular weight is 440 g/mol. The molecule has 0 aliphatic carbocycles. The predicted octanol–water partition coefficient (Wildman–Crippen LogP) is 2.14. The number of para-hydroxylation sites is 1. The summed E-state index contributed by atoms with van der Waals surface area (Å²) < 4.78 is 32.1. The van der Waals surface area contributed by atoms with Crippen LogP contribution in [0.2, 0.25) is 0 Å². The van der Waals surface area contributed by atoms with Gasteiger partial charge in [0.25, 0.3) is 15.9 Å². The first-order valence-corrected chi connectivity index (χ1v) is 10.5. The average Bonchev–Trinajstić information content (AvgIpc) is 2.79. The highest BCUT2D eigenvalue weighted by atomic mass is 32.2. The Labute approximate surface area is 179 Å². The van der Waals surface area contributed by atoms with Crippen molar-refractivity contribution in [1.29, 1.82) is 0 Å². The fourth-order valence-corrected chi connectivity index (χ4v) is 4.05. The molecule has 0 saturated carbocycles. The number of aromatic hydroxyl groups is 1. The van der Waals surface area contributed by atoms with Gasteiger partial charge in [-0.1, -0.05) is 30.3 Å². The van der Waals surface area contributed by atoms with E-state index in [0.29, 0.717) is 5.56 Å². The molecule has 31 heavy (non-hydrogen) atoms. The molecule has 1 heterocycles. The lowest BCUT2D eigenvalue weighted by Crippen LogP contribution is -2.40. The predicted molar refractivity (Wildman–Crippen MR) is 116 cm³/mol. The number of amides is 1. The number of rotatable bonds is 8. The standard InChI is InChI=1S/C21H20N4O5S/c1-30-18-11-7-8-16(21(18)27)14-23-24-20(26)15-25(19-12-5-6-13-22-19)31(28,29)17-9-3-2-4-10-17/h2-14,27H,15H2,1H3,(H,24,26). The van der Waals surface area contributed by atoms with Crippen molar-refractivity contribution in [3.8, 4) is 11.5 Å². The zero-order valence-corrected chi connectivity index (χ0v) is 17.4. The van der Waals surface area contributed by atoms with E-state index in [1.165, 1.54) is 37.7 Å². The van der Waals surface area contributed by atoms with Crippen LogP contribution < -0.4 is 14.5 Å². The van der Waals surface area contributed by atoms with Crippen LogP contribution in [0, 0.1) is 0 Å². The molecule has 3 rings (SSSR count). The molecule has 0 spiro atoms. The SMILES string of the molecule is COc1cccc(C=NNC(=O)CN(c2ccccn2)S(=O)(=O)c2ccccc2)c1O. The van der Waals surface area contributed by atoms with Gasteiger partial charge < -0.3 is 9.84 Å². The zero-order chi connectivity index (χ0) is 22.3. The molecule has 0 unspecified atom stereocenters. The van der Waals surface area contributed by atoms with Crippen LogP contribution in [0.15, 0.2) is 82.9 Å². The first-order chi connectivity index (χ1) is 14.9. The van der Waals surface area contributed by atoms with Gasteiger partial charge in [0.05, 0.1) is 18.2 Å². The second-order valence-electron chi connectivity index (χ2n) is 6.20. The minimum atomic E-state index is -4.04. The topological polar surface area (TPSA) is 121 Å². The number of nitrogens with zero attached hydrogens (tertiary/aromatic N) is 3. The first-order valence-electron chi connectivity index (χ1n) is 9.10. The third-order valence-electron chi connectivity index (χ3n) is 4.17. The summed E-state index contributed by atoms with van der Waals surface area (Å²) in [5.74, 6) is -0.477. The molecule has 3 aromatic rings. The van der Waals surface area contributed by atoms with Gasteiger partial charge >= 0.3 is 0 Å². The van der Waals surface area contributed by atoms with Crippen molar-refractivity contribution in [2.45, 2.75) is 4.90 Å². The van der Waals surface area contributed by atoms with Crippen LogP contribution in [0.3, 0.4) is 0 Å². The Bertz CT molecular complexity index is 1170. The van der Waals surface area contributed by atoms with Gasteiger partial charge in [-0.25, -0.2) is 23.1 Å². The van der Waals surface area contributed by atoms with Crippen LogP contribution in [0.5, 0.6) is 11.5 Å². The maximum absolute atomic E-state index is 13.1. The molecule has 0 radical (unpaired) electrons. The van der Waals surface area contributed by atoms with Gasteiger partial charge in [-0.05, 0) is 36.4 Å². The fraction of sp³-hybridized carbons (Fsp3) is 0.0952. The number of carbonyl (C=O) groups excluding carboxylic acids is 1. The van der Waals surface area contributed by atoms with E-state index in [1.807, 2.05) is 0 Å². The lowest BCUT2D eigenvalue weighted by atomic mass is 10.2. The summed E-state index contributed by atoms with van der Waals surface area (Å²) in [4.78, 5) is 16.5. The van der Waals surface area contributed by atoms with E-state index in [-0.39, 0.29) is 22.2 Å². The molecule has 9 nitrogen and oxygen atoms in total. The van der Waals surface area contributed by atoms with E-state index in [9.17, 15) is 18.3 Å². The van der Waals surface area contributed by atoms with Crippen molar-refractivity contribution < 1.29 is 23.1 Å². The van der Waals surface area contributed by atoms with Crippen LogP contribution in [0.25, 0.3) is 0 Å². The maximum Gasteiger partial charge on any atom is 0.265 e. The highest BCUT2D eigenvalue weighted by molar-refractivity contribution is 7.92. The number of aromatic nitrogens is 1. The Hall–Kier alpha value is -3.92. The molecular weight excluding hydrogens is 420 g/mol. The van der Waals surface area contributed by atoms with Gasteiger partial charge in [-0.2, -0.15) is 5.10 Å². The molecule has 0 saturated heterocycles. The van der Waals surface area contributed by atoms with E-state index in [2.05, 4.69) is 15.5 Å². The number of phenols is 1. The third kappa shape index (κ3) is 5.17. The molecule has 0 bridgehead atoms. The number of anilines is 1. The van der Waals surface area contributed by atoms with E-state index in [0.717, 1.165) is 4.31 Å². The lowest BCUT2D eigenvalue weighted by molar-refractivity contribution is -0.119. The Balaban J connectivity index is 1.80. The molecule has 0 atom stereocenters. The van der Waals surface area contributed by atoms with Crippen molar-refractivity contribution in [3.05, 3.63) is 78.5 Å². The molecule has 2 N–H and O–H groups in total. The van der Waals surface area contributed by atoms with Gasteiger partial charge in [0.15, 0.2) is 11.5 Å². The molecule has 1 aromatic heterocycles. The van der Waals surface area contributed by atoms with Gasteiger partial charge in [0, 0.05) is 11.8 Å². The van der Waals surface area contributed by atoms with Crippen LogP contribution in [-0.4, -0.2) is 44.3 Å². The van der Waals surface area contributed by atoms with Crippen molar-refractivity contribution in [2.75, 3.05) is 18.0 Å². The largest absolute Gasteiger partial charge is 0.504 e. The fourth-order valence-electron chi connectivity index (χ4n) is 2.66. The molecular formula is C21H20N4O5S. The number of phenolic OH excluding ortho intramolecular Hbond substituents is 1. The van der Waals surface area contributed by atoms with Crippen LogP contribution in [0.1, 0.15) is 5.56 Å². The smallest absolute Gasteiger partial charge is 0.265 e. The summed E-state index contributed by atoms with van der Waals surface area (Å²) in [5.41, 5.74) is 2.58. The summed E-state index contributed by atoms with van der Waals surface area (Å²) in [7, 11) is -2.63. The monoisotopic (exact) mass is 440 g/mol. The lowest BCUT2D eigenvalue weighted by Gasteiger charge is -2.22. The summed E-state index contributed by atoms with van der Waals surface area (Å²) in [5, 5.41) is 13.9. The van der Waals surface area contributed by atoms with Crippen LogP contribution in [0.4, 0.5) is 5.82 Å². The molecule has 0 aliphatic rings. The minimum absolute atomic E-state index is 0.0262. The maximum atomic E-state index is 13.1. The van der Waals surface area contributed by atoms with Crippen molar-refractivity contribution >= 4 is 28.0 Å². The second kappa shape index (κ2) is 9.72. The molecule has 0 aliphatic heterocycles. The van der Waals surface area contributed by atoms with Crippen molar-refractivity contribution in [1.82, 2.24) is 10.4 Å². The van der Waals surface area contributed by atoms with E-state index >= 15 is 0 Å². The molecule has 0 fully saturated rings. The first kappa shape index (κ1) is 21.8. The highest BCUT2D eigenvalue weighted by Gasteiger charge is 2.27. The number of nitrogens with one attached hydrogen (secondary N) is 1. The van der Waals surface area contributed by atoms with Crippen molar-refractivity contribution in [3.63, 3.8) is 0 Å². The number of carbonyl (C=O) groups is 1. The molecule has 2 aromatic carbocycles. The minimum Gasteiger partial charge on any atom is -0.504 e. The van der Waals surface area contributed by atoms with Crippen LogP contribution in [-0.2, 0) is 14.8 Å². The number of hydrazone groups is 1. The number of sulfonamides is 1. The summed E-state index contributed by atoms with van der Waals surface area (Å²) >= 11 is 0.